The van der Waals surface area contributed by atoms with E-state index in [1.807, 2.05) is 0 Å². The number of halogens is 4. The Morgan fingerprint density at radius 3 is 2.50 bits per heavy atom. The number of hydrogen-bond donors (Lipinski definition) is 1. The maximum Gasteiger partial charge on any atom is 0.417 e. The summed E-state index contributed by atoms with van der Waals surface area (Å²) in [6, 6.07) is 9.61. The third kappa shape index (κ3) is 5.67. The molecule has 1 heterocycles. The number of nitrogens with zero attached hydrogens (tertiary/aromatic N) is 1. The summed E-state index contributed by atoms with van der Waals surface area (Å²) < 4.78 is 73.4. The number of esters is 1. The van der Waals surface area contributed by atoms with Crippen molar-refractivity contribution in [3.8, 4) is 0 Å². The summed E-state index contributed by atoms with van der Waals surface area (Å²) in [5.74, 6) is -1.46. The molecule has 0 saturated heterocycles. The first kappa shape index (κ1) is 27.9. The number of anilines is 2. The summed E-state index contributed by atoms with van der Waals surface area (Å²) in [6.07, 6.45) is -2.65. The molecule has 202 valence electrons. The minimum Gasteiger partial charge on any atom is -0.462 e. The summed E-state index contributed by atoms with van der Waals surface area (Å²) in [5, 5.41) is 2.18. The number of carbonyl (C=O) groups excluding carboxylic acids is 2. The maximum atomic E-state index is 13.5. The Labute approximate surface area is 226 Å². The molecule has 0 unspecified atom stereocenters. The highest BCUT2D eigenvalue weighted by atomic mass is 35.5. The van der Waals surface area contributed by atoms with E-state index in [2.05, 4.69) is 5.32 Å². The van der Waals surface area contributed by atoms with Gasteiger partial charge in [-0.05, 0) is 62.1 Å². The summed E-state index contributed by atoms with van der Waals surface area (Å²) in [6.45, 7) is 0.912. The highest BCUT2D eigenvalue weighted by Gasteiger charge is 2.36. The third-order valence-corrected chi connectivity index (χ3v) is 9.14. The van der Waals surface area contributed by atoms with Crippen LogP contribution in [0.4, 0.5) is 23.9 Å². The molecule has 1 aliphatic rings. The van der Waals surface area contributed by atoms with Crippen LogP contribution < -0.4 is 9.62 Å². The van der Waals surface area contributed by atoms with Gasteiger partial charge in [0, 0.05) is 4.88 Å². The van der Waals surface area contributed by atoms with Crippen molar-refractivity contribution in [1.82, 2.24) is 0 Å². The normalized spacial score (nSPS) is 13.2. The van der Waals surface area contributed by atoms with Crippen LogP contribution >= 0.6 is 22.9 Å². The van der Waals surface area contributed by atoms with Crippen molar-refractivity contribution >= 4 is 55.5 Å². The molecule has 0 aliphatic heterocycles. The number of nitrogens with one attached hydrogen (secondary N) is 1. The smallest absolute Gasteiger partial charge is 0.417 e. The topological polar surface area (TPSA) is 92.8 Å². The van der Waals surface area contributed by atoms with E-state index in [1.54, 1.807) is 13.0 Å². The van der Waals surface area contributed by atoms with E-state index in [4.69, 9.17) is 16.3 Å². The molecule has 1 aliphatic carbocycles. The molecule has 4 rings (SSSR count). The zero-order valence-electron chi connectivity index (χ0n) is 20.0. The third-order valence-electron chi connectivity index (χ3n) is 5.82. The van der Waals surface area contributed by atoms with Gasteiger partial charge in [0.25, 0.3) is 10.0 Å². The lowest BCUT2D eigenvalue weighted by Crippen LogP contribution is -2.38. The second-order valence-corrected chi connectivity index (χ2v) is 11.7. The van der Waals surface area contributed by atoms with Gasteiger partial charge in [-0.15, -0.1) is 11.3 Å². The highest BCUT2D eigenvalue weighted by Crippen LogP contribution is 2.40. The van der Waals surface area contributed by atoms with Gasteiger partial charge in [-0.25, -0.2) is 13.2 Å². The molecule has 0 spiro atoms. The first-order valence-corrected chi connectivity index (χ1v) is 14.1. The van der Waals surface area contributed by atoms with E-state index in [0.29, 0.717) is 16.8 Å². The average Bonchev–Trinajstić information content (AvgIpc) is 3.44. The van der Waals surface area contributed by atoms with E-state index in [0.717, 1.165) is 35.4 Å². The fraction of sp³-hybridized carbons (Fsp3) is 0.280. The minimum absolute atomic E-state index is 0.123. The van der Waals surface area contributed by atoms with Crippen LogP contribution in [-0.2, 0) is 38.6 Å². The predicted octanol–water partition coefficient (Wildman–Crippen LogP) is 5.92. The van der Waals surface area contributed by atoms with Crippen molar-refractivity contribution in [2.45, 2.75) is 37.3 Å². The minimum atomic E-state index is -4.86. The highest BCUT2D eigenvalue weighted by molar-refractivity contribution is 7.92. The Morgan fingerprint density at radius 2 is 1.84 bits per heavy atom. The first-order valence-electron chi connectivity index (χ1n) is 11.5. The number of benzene rings is 2. The molecule has 13 heteroatoms. The molecule has 1 N–H and O–H groups in total. The SMILES string of the molecule is CCOC(=O)c1c(NC(=O)CN(c2ccc(Cl)c(C(F)(F)F)c2)S(=O)(=O)c2ccccc2)sc2c1CCC2. The zero-order chi connectivity index (χ0) is 27.7. The van der Waals surface area contributed by atoms with Gasteiger partial charge in [-0.3, -0.25) is 9.10 Å². The van der Waals surface area contributed by atoms with Gasteiger partial charge < -0.3 is 10.1 Å². The molecular formula is C25H22ClF3N2O5S2. The molecule has 2 aromatic carbocycles. The lowest BCUT2D eigenvalue weighted by Gasteiger charge is -2.25. The van der Waals surface area contributed by atoms with Crippen molar-refractivity contribution < 1.29 is 35.9 Å². The van der Waals surface area contributed by atoms with Gasteiger partial charge in [-0.1, -0.05) is 29.8 Å². The van der Waals surface area contributed by atoms with Crippen LogP contribution in [-0.4, -0.2) is 33.4 Å². The number of aryl methyl sites for hydroxylation is 1. The van der Waals surface area contributed by atoms with Crippen LogP contribution in [0.1, 0.15) is 39.7 Å². The number of hydrogen-bond acceptors (Lipinski definition) is 6. The molecule has 0 bridgehead atoms. The molecule has 38 heavy (non-hydrogen) atoms. The Morgan fingerprint density at radius 1 is 1.13 bits per heavy atom. The van der Waals surface area contributed by atoms with E-state index < -0.39 is 50.9 Å². The quantitative estimate of drug-likeness (QED) is 0.331. The second kappa shape index (κ2) is 11.0. The number of carbonyl (C=O) groups is 2. The summed E-state index contributed by atoms with van der Waals surface area (Å²) >= 11 is 6.93. The van der Waals surface area contributed by atoms with E-state index in [-0.39, 0.29) is 22.1 Å². The molecule has 0 saturated carbocycles. The van der Waals surface area contributed by atoms with E-state index in [9.17, 15) is 31.2 Å². The summed E-state index contributed by atoms with van der Waals surface area (Å²) in [7, 11) is -4.47. The second-order valence-electron chi connectivity index (χ2n) is 8.32. The Kier molecular flexibility index (Phi) is 8.05. The zero-order valence-corrected chi connectivity index (χ0v) is 22.4. The predicted molar refractivity (Wildman–Crippen MR) is 138 cm³/mol. The summed E-state index contributed by atoms with van der Waals surface area (Å²) in [5.41, 5.74) is -0.643. The van der Waals surface area contributed by atoms with Crippen LogP contribution in [0.25, 0.3) is 0 Å². The van der Waals surface area contributed by atoms with Crippen molar-refractivity contribution in [3.63, 3.8) is 0 Å². The molecule has 1 amide bonds. The van der Waals surface area contributed by atoms with Crippen LogP contribution in [0.3, 0.4) is 0 Å². The lowest BCUT2D eigenvalue weighted by molar-refractivity contribution is -0.137. The largest absolute Gasteiger partial charge is 0.462 e. The van der Waals surface area contributed by atoms with Crippen molar-refractivity contribution in [2.24, 2.45) is 0 Å². The van der Waals surface area contributed by atoms with Gasteiger partial charge in [0.1, 0.15) is 11.5 Å². The molecule has 0 fully saturated rings. The fourth-order valence-corrected chi connectivity index (χ4v) is 7.08. The van der Waals surface area contributed by atoms with Crippen LogP contribution in [0, 0.1) is 0 Å². The first-order chi connectivity index (χ1) is 17.9. The molecule has 7 nitrogen and oxygen atoms in total. The van der Waals surface area contributed by atoms with Crippen LogP contribution in [0.2, 0.25) is 5.02 Å². The maximum absolute atomic E-state index is 13.5. The van der Waals surface area contributed by atoms with Gasteiger partial charge in [0.2, 0.25) is 5.91 Å². The number of amides is 1. The van der Waals surface area contributed by atoms with Gasteiger partial charge in [0.05, 0.1) is 33.3 Å². The Bertz CT molecular complexity index is 1470. The Hall–Kier alpha value is -3.09. The van der Waals surface area contributed by atoms with Crippen molar-refractivity contribution in [3.05, 3.63) is 75.1 Å². The number of rotatable bonds is 8. The van der Waals surface area contributed by atoms with Gasteiger partial charge in [0.15, 0.2) is 0 Å². The van der Waals surface area contributed by atoms with Crippen molar-refractivity contribution in [1.29, 1.82) is 0 Å². The Balaban J connectivity index is 1.72. The number of alkyl halides is 3. The number of thiophene rings is 1. The molecule has 1 aromatic heterocycles. The fourth-order valence-electron chi connectivity index (χ4n) is 4.13. The van der Waals surface area contributed by atoms with Crippen molar-refractivity contribution in [2.75, 3.05) is 22.8 Å². The molecule has 0 radical (unpaired) electrons. The number of ether oxygens (including phenoxy) is 1. The lowest BCUT2D eigenvalue weighted by atomic mass is 10.1. The van der Waals surface area contributed by atoms with E-state index >= 15 is 0 Å². The van der Waals surface area contributed by atoms with Crippen LogP contribution in [0.15, 0.2) is 53.4 Å². The number of sulfonamides is 1. The average molecular weight is 587 g/mol. The summed E-state index contributed by atoms with van der Waals surface area (Å²) in [4.78, 5) is 26.5. The van der Waals surface area contributed by atoms with Gasteiger partial charge in [-0.2, -0.15) is 13.2 Å². The monoisotopic (exact) mass is 586 g/mol. The van der Waals surface area contributed by atoms with Crippen LogP contribution in [0.5, 0.6) is 0 Å². The standard InChI is InChI=1S/C25H22ClF3N2O5S2/c1-2-36-24(33)22-17-9-6-10-20(17)37-23(22)30-21(32)14-31(38(34,35)16-7-4-3-5-8-16)15-11-12-19(26)18(13-15)25(27,28)29/h3-5,7-8,11-13H,2,6,9-10,14H2,1H3,(H,30,32). The number of fused-ring (bicyclic) bond motifs is 1. The molecule has 3 aromatic rings. The molecular weight excluding hydrogens is 565 g/mol. The van der Waals surface area contributed by atoms with E-state index in [1.165, 1.54) is 35.6 Å². The molecule has 0 atom stereocenters. The van der Waals surface area contributed by atoms with Gasteiger partial charge >= 0.3 is 12.1 Å².